The van der Waals surface area contributed by atoms with Crippen molar-refractivity contribution in [3.05, 3.63) is 23.6 Å². The van der Waals surface area contributed by atoms with E-state index in [1.54, 1.807) is 19.0 Å². The summed E-state index contributed by atoms with van der Waals surface area (Å²) in [4.78, 5) is 29.3. The first-order valence-electron chi connectivity index (χ1n) is 5.47. The molecule has 0 saturated heterocycles. The van der Waals surface area contributed by atoms with E-state index in [2.05, 4.69) is 4.85 Å². The van der Waals surface area contributed by atoms with Crippen molar-refractivity contribution in [3.63, 3.8) is 0 Å². The Balaban J connectivity index is 4.57. The minimum Gasteiger partial charge on any atom is -0.345 e. The highest BCUT2D eigenvalue weighted by Crippen LogP contribution is 2.01. The summed E-state index contributed by atoms with van der Waals surface area (Å²) in [5.74, 6) is -0.467. The molecule has 5 heteroatoms. The number of hydrogen-bond acceptors (Lipinski definition) is 2. The predicted octanol–water partition coefficient (Wildman–Crippen LogP) is 0.787. The standard InChI is InChI=1S/C12H19N3O2/c1-6-15(10(2)9-13-3)12(17)8-7-11(16)14(4)5/h7-8,10H,6,9H2,1-2,4-5H3/b8-7+/t10-/m1/s1. The van der Waals surface area contributed by atoms with E-state index in [0.717, 1.165) is 0 Å². The highest BCUT2D eigenvalue weighted by Gasteiger charge is 2.18. The molecule has 2 amide bonds. The maximum absolute atomic E-state index is 11.8. The SMILES string of the molecule is [C-]#[N+]C[C@@H](C)N(CC)C(=O)/C=C/C(=O)N(C)C. The van der Waals surface area contributed by atoms with Crippen molar-refractivity contribution < 1.29 is 9.59 Å². The minimum atomic E-state index is -0.237. The van der Waals surface area contributed by atoms with Crippen molar-refractivity contribution in [2.75, 3.05) is 27.2 Å². The first-order valence-corrected chi connectivity index (χ1v) is 5.47. The fourth-order valence-corrected chi connectivity index (χ4v) is 1.30. The van der Waals surface area contributed by atoms with E-state index in [9.17, 15) is 9.59 Å². The van der Waals surface area contributed by atoms with E-state index in [1.807, 2.05) is 13.8 Å². The molecule has 17 heavy (non-hydrogen) atoms. The molecule has 0 saturated carbocycles. The molecule has 0 bridgehead atoms. The molecule has 0 aliphatic carbocycles. The van der Waals surface area contributed by atoms with Gasteiger partial charge in [-0.25, -0.2) is 6.57 Å². The molecule has 0 fully saturated rings. The van der Waals surface area contributed by atoms with Gasteiger partial charge in [-0.05, 0) is 13.8 Å². The molecule has 5 nitrogen and oxygen atoms in total. The highest BCUT2D eigenvalue weighted by molar-refractivity contribution is 5.96. The Bertz CT molecular complexity index is 342. The van der Waals surface area contributed by atoms with Crippen molar-refractivity contribution in [1.29, 1.82) is 0 Å². The molecule has 0 aromatic heterocycles. The van der Waals surface area contributed by atoms with E-state index < -0.39 is 0 Å². The lowest BCUT2D eigenvalue weighted by Gasteiger charge is -2.23. The lowest BCUT2D eigenvalue weighted by atomic mass is 10.2. The van der Waals surface area contributed by atoms with Crippen LogP contribution >= 0.6 is 0 Å². The summed E-state index contributed by atoms with van der Waals surface area (Å²) in [6, 6.07) is -0.135. The van der Waals surface area contributed by atoms with E-state index in [1.165, 1.54) is 17.1 Å². The fourth-order valence-electron chi connectivity index (χ4n) is 1.30. The van der Waals surface area contributed by atoms with Gasteiger partial charge in [-0.3, -0.25) is 9.59 Å². The summed E-state index contributed by atoms with van der Waals surface area (Å²) < 4.78 is 0. The van der Waals surface area contributed by atoms with Crippen LogP contribution in [0.25, 0.3) is 4.85 Å². The molecule has 0 unspecified atom stereocenters. The molecule has 0 spiro atoms. The smallest absolute Gasteiger partial charge is 0.247 e. The summed E-state index contributed by atoms with van der Waals surface area (Å²) in [5, 5.41) is 0. The molecular formula is C12H19N3O2. The Morgan fingerprint density at radius 3 is 2.24 bits per heavy atom. The monoisotopic (exact) mass is 237 g/mol. The van der Waals surface area contributed by atoms with E-state index in [-0.39, 0.29) is 24.4 Å². The number of carbonyl (C=O) groups is 2. The summed E-state index contributed by atoms with van der Waals surface area (Å²) in [6.45, 7) is 11.2. The molecule has 0 N–H and O–H groups in total. The van der Waals surface area contributed by atoms with Gasteiger partial charge in [0.05, 0.1) is 0 Å². The van der Waals surface area contributed by atoms with Crippen molar-refractivity contribution in [1.82, 2.24) is 9.80 Å². The van der Waals surface area contributed by atoms with Crippen LogP contribution in [0.2, 0.25) is 0 Å². The molecule has 1 atom stereocenters. The van der Waals surface area contributed by atoms with Gasteiger partial charge in [-0.15, -0.1) is 0 Å². The van der Waals surface area contributed by atoms with Gasteiger partial charge in [-0.2, -0.15) is 0 Å². The van der Waals surface area contributed by atoms with Gasteiger partial charge in [0.25, 0.3) is 0 Å². The zero-order valence-corrected chi connectivity index (χ0v) is 10.8. The zero-order valence-electron chi connectivity index (χ0n) is 10.8. The third-order valence-corrected chi connectivity index (χ3v) is 2.32. The van der Waals surface area contributed by atoms with E-state index in [0.29, 0.717) is 6.54 Å². The van der Waals surface area contributed by atoms with E-state index >= 15 is 0 Å². The van der Waals surface area contributed by atoms with Crippen molar-refractivity contribution >= 4 is 11.8 Å². The van der Waals surface area contributed by atoms with E-state index in [4.69, 9.17) is 6.57 Å². The van der Waals surface area contributed by atoms with Crippen LogP contribution in [0.5, 0.6) is 0 Å². The van der Waals surface area contributed by atoms with Gasteiger partial charge >= 0.3 is 0 Å². The maximum atomic E-state index is 11.8. The Morgan fingerprint density at radius 2 is 1.82 bits per heavy atom. The second kappa shape index (κ2) is 7.44. The number of carbonyl (C=O) groups excluding carboxylic acids is 2. The van der Waals surface area contributed by atoms with Crippen molar-refractivity contribution in [2.24, 2.45) is 0 Å². The second-order valence-corrected chi connectivity index (χ2v) is 3.88. The quantitative estimate of drug-likeness (QED) is 0.524. The highest BCUT2D eigenvalue weighted by atomic mass is 16.2. The molecule has 0 heterocycles. The van der Waals surface area contributed by atoms with Crippen LogP contribution in [0, 0.1) is 6.57 Å². The molecule has 0 aromatic rings. The van der Waals surface area contributed by atoms with Gasteiger partial charge in [0.15, 0.2) is 0 Å². The molecule has 0 aromatic carbocycles. The summed E-state index contributed by atoms with van der Waals surface area (Å²) >= 11 is 0. The van der Waals surface area contributed by atoms with Crippen LogP contribution in [-0.4, -0.2) is 54.8 Å². The second-order valence-electron chi connectivity index (χ2n) is 3.88. The van der Waals surface area contributed by atoms with Crippen LogP contribution in [-0.2, 0) is 9.59 Å². The summed E-state index contributed by atoms with van der Waals surface area (Å²) in [7, 11) is 3.24. The lowest BCUT2D eigenvalue weighted by Crippen LogP contribution is -2.39. The van der Waals surface area contributed by atoms with Gasteiger partial charge in [0, 0.05) is 32.8 Å². The zero-order chi connectivity index (χ0) is 13.4. The van der Waals surface area contributed by atoms with Crippen LogP contribution in [0.1, 0.15) is 13.8 Å². The molecular weight excluding hydrogens is 218 g/mol. The van der Waals surface area contributed by atoms with Gasteiger partial charge < -0.3 is 14.6 Å². The van der Waals surface area contributed by atoms with Gasteiger partial charge in [0.1, 0.15) is 6.04 Å². The topological polar surface area (TPSA) is 45.0 Å². The van der Waals surface area contributed by atoms with Crippen LogP contribution < -0.4 is 0 Å². The van der Waals surface area contributed by atoms with Gasteiger partial charge in [-0.1, -0.05) is 0 Å². The molecule has 0 aliphatic heterocycles. The Morgan fingerprint density at radius 1 is 1.29 bits per heavy atom. The molecule has 0 aliphatic rings. The summed E-state index contributed by atoms with van der Waals surface area (Å²) in [5.41, 5.74) is 0. The third-order valence-electron chi connectivity index (χ3n) is 2.32. The lowest BCUT2D eigenvalue weighted by molar-refractivity contribution is -0.128. The normalized spacial score (nSPS) is 11.9. The van der Waals surface area contributed by atoms with Crippen LogP contribution in [0.3, 0.4) is 0 Å². The van der Waals surface area contributed by atoms with Crippen molar-refractivity contribution in [3.8, 4) is 0 Å². The maximum Gasteiger partial charge on any atom is 0.247 e. The number of likely N-dealkylation sites (N-methyl/N-ethyl adjacent to an activating group) is 2. The van der Waals surface area contributed by atoms with Gasteiger partial charge in [0.2, 0.25) is 18.4 Å². The van der Waals surface area contributed by atoms with Crippen LogP contribution in [0.4, 0.5) is 0 Å². The Kier molecular flexibility index (Phi) is 6.64. The number of rotatable bonds is 5. The summed E-state index contributed by atoms with van der Waals surface area (Å²) in [6.07, 6.45) is 2.50. The first-order chi connectivity index (χ1) is 7.93. The number of nitrogens with zero attached hydrogens (tertiary/aromatic N) is 3. The largest absolute Gasteiger partial charge is 0.345 e. The van der Waals surface area contributed by atoms with Crippen LogP contribution in [0.15, 0.2) is 12.2 Å². The average molecular weight is 237 g/mol. The molecule has 0 rings (SSSR count). The van der Waals surface area contributed by atoms with Crippen molar-refractivity contribution in [2.45, 2.75) is 19.9 Å². The third kappa shape index (κ3) is 5.16. The number of hydrogen-bond donors (Lipinski definition) is 0. The molecule has 0 radical (unpaired) electrons. The predicted molar refractivity (Wildman–Crippen MR) is 66.2 cm³/mol. The Labute approximate surface area is 103 Å². The molecule has 94 valence electrons. The Hall–Kier alpha value is -1.83. The fraction of sp³-hybridized carbons (Fsp3) is 0.583. The number of amides is 2. The minimum absolute atomic E-state index is 0.135. The average Bonchev–Trinajstić information content (AvgIpc) is 2.26. The first kappa shape index (κ1) is 15.2.